The van der Waals surface area contributed by atoms with E-state index in [0.717, 1.165) is 17.0 Å². The Hall–Kier alpha value is -1.68. The predicted molar refractivity (Wildman–Crippen MR) is 72.8 cm³/mol. The second-order valence-corrected chi connectivity index (χ2v) is 4.54. The van der Waals surface area contributed by atoms with Gasteiger partial charge in [0, 0.05) is 12.4 Å². The van der Waals surface area contributed by atoms with Gasteiger partial charge in [-0.05, 0) is 38.5 Å². The number of hydrogen-bond donors (Lipinski definition) is 1. The number of anilines is 1. The van der Waals surface area contributed by atoms with E-state index in [1.807, 2.05) is 32.9 Å². The Morgan fingerprint density at radius 3 is 2.39 bits per heavy atom. The Morgan fingerprint density at radius 2 is 1.72 bits per heavy atom. The summed E-state index contributed by atoms with van der Waals surface area (Å²) in [5.74, 6) is 0.615. The van der Waals surface area contributed by atoms with Crippen LogP contribution in [0.4, 0.5) is 5.82 Å². The summed E-state index contributed by atoms with van der Waals surface area (Å²) in [6.45, 7) is 5.85. The number of nitrogens with one attached hydrogen (secondary N) is 1. The summed E-state index contributed by atoms with van der Waals surface area (Å²) < 4.78 is 0. The maximum Gasteiger partial charge on any atom is 0.171 e. The molecule has 1 unspecified atom stereocenters. The van der Waals surface area contributed by atoms with E-state index in [4.69, 9.17) is 11.6 Å². The first kappa shape index (κ1) is 12.8. The van der Waals surface area contributed by atoms with Gasteiger partial charge in [0.25, 0.3) is 0 Å². The third kappa shape index (κ3) is 2.76. The molecule has 0 aliphatic heterocycles. The summed E-state index contributed by atoms with van der Waals surface area (Å²) in [6, 6.07) is 4.02. The van der Waals surface area contributed by atoms with Gasteiger partial charge in [-0.3, -0.25) is 4.98 Å². The molecule has 5 heteroatoms. The van der Waals surface area contributed by atoms with Crippen LogP contribution >= 0.6 is 11.6 Å². The van der Waals surface area contributed by atoms with Crippen molar-refractivity contribution in [3.05, 3.63) is 46.6 Å². The molecule has 0 bridgehead atoms. The molecular formula is C13H15ClN4. The maximum absolute atomic E-state index is 6.08. The molecule has 0 amide bonds. The van der Waals surface area contributed by atoms with E-state index in [1.54, 1.807) is 12.4 Å². The SMILES string of the molecule is Cc1nc(Cl)c(NC(C)c2ccncc2)nc1C. The van der Waals surface area contributed by atoms with E-state index in [1.165, 1.54) is 0 Å². The minimum Gasteiger partial charge on any atom is -0.361 e. The topological polar surface area (TPSA) is 50.7 Å². The molecule has 2 aromatic rings. The van der Waals surface area contributed by atoms with Crippen LogP contribution in [0.2, 0.25) is 5.15 Å². The standard InChI is InChI=1S/C13H15ClN4/c1-8-9(2)17-13(12(14)16-8)18-10(3)11-4-6-15-7-5-11/h4-7,10H,1-3H3,(H,17,18). The van der Waals surface area contributed by atoms with Crippen molar-refractivity contribution in [3.8, 4) is 0 Å². The smallest absolute Gasteiger partial charge is 0.171 e. The summed E-state index contributed by atoms with van der Waals surface area (Å²) in [7, 11) is 0. The van der Waals surface area contributed by atoms with Gasteiger partial charge in [-0.25, -0.2) is 9.97 Å². The van der Waals surface area contributed by atoms with Gasteiger partial charge in [0.15, 0.2) is 11.0 Å². The minimum atomic E-state index is 0.0990. The van der Waals surface area contributed by atoms with Gasteiger partial charge in [-0.15, -0.1) is 0 Å². The van der Waals surface area contributed by atoms with Crippen LogP contribution in [-0.4, -0.2) is 15.0 Å². The molecule has 0 saturated heterocycles. The van der Waals surface area contributed by atoms with Crippen molar-refractivity contribution in [1.29, 1.82) is 0 Å². The van der Waals surface area contributed by atoms with Crippen molar-refractivity contribution in [2.45, 2.75) is 26.8 Å². The Bertz CT molecular complexity index is 542. The second-order valence-electron chi connectivity index (χ2n) is 4.18. The first-order valence-corrected chi connectivity index (χ1v) is 6.13. The summed E-state index contributed by atoms with van der Waals surface area (Å²) in [4.78, 5) is 12.7. The molecule has 94 valence electrons. The Labute approximate surface area is 111 Å². The average molecular weight is 263 g/mol. The van der Waals surface area contributed by atoms with Gasteiger partial charge in [0.1, 0.15) is 0 Å². The molecule has 2 rings (SSSR count). The molecule has 0 aromatic carbocycles. The molecule has 2 heterocycles. The van der Waals surface area contributed by atoms with Crippen LogP contribution in [0.15, 0.2) is 24.5 Å². The molecule has 1 N–H and O–H groups in total. The molecule has 0 spiro atoms. The first-order chi connectivity index (χ1) is 8.58. The Morgan fingerprint density at radius 1 is 1.11 bits per heavy atom. The number of aryl methyl sites for hydroxylation is 2. The zero-order valence-electron chi connectivity index (χ0n) is 10.6. The van der Waals surface area contributed by atoms with E-state index < -0.39 is 0 Å². The van der Waals surface area contributed by atoms with Gasteiger partial charge in [0.2, 0.25) is 0 Å². The fourth-order valence-corrected chi connectivity index (χ4v) is 1.83. The fraction of sp³-hybridized carbons (Fsp3) is 0.308. The normalized spacial score (nSPS) is 12.2. The van der Waals surface area contributed by atoms with E-state index in [0.29, 0.717) is 11.0 Å². The van der Waals surface area contributed by atoms with Crippen LogP contribution in [0, 0.1) is 13.8 Å². The van der Waals surface area contributed by atoms with E-state index in [-0.39, 0.29) is 6.04 Å². The predicted octanol–water partition coefficient (Wildman–Crippen LogP) is 3.31. The second kappa shape index (κ2) is 5.31. The van der Waals surface area contributed by atoms with E-state index in [2.05, 4.69) is 20.3 Å². The number of hydrogen-bond acceptors (Lipinski definition) is 4. The van der Waals surface area contributed by atoms with Crippen LogP contribution < -0.4 is 5.32 Å². The fourth-order valence-electron chi connectivity index (χ4n) is 1.61. The zero-order valence-corrected chi connectivity index (χ0v) is 11.4. The zero-order chi connectivity index (χ0) is 13.1. The van der Waals surface area contributed by atoms with Crippen LogP contribution in [0.5, 0.6) is 0 Å². The van der Waals surface area contributed by atoms with Crippen molar-refractivity contribution in [2.24, 2.45) is 0 Å². The largest absolute Gasteiger partial charge is 0.361 e. The monoisotopic (exact) mass is 262 g/mol. The third-order valence-electron chi connectivity index (χ3n) is 2.82. The van der Waals surface area contributed by atoms with Gasteiger partial charge >= 0.3 is 0 Å². The number of rotatable bonds is 3. The van der Waals surface area contributed by atoms with E-state index in [9.17, 15) is 0 Å². The molecule has 18 heavy (non-hydrogen) atoms. The molecule has 0 fully saturated rings. The molecular weight excluding hydrogens is 248 g/mol. The summed E-state index contributed by atoms with van der Waals surface area (Å²) >= 11 is 6.08. The molecule has 2 aromatic heterocycles. The molecule has 0 saturated carbocycles. The molecule has 1 atom stereocenters. The van der Waals surface area contributed by atoms with Crippen LogP contribution in [0.1, 0.15) is 29.9 Å². The van der Waals surface area contributed by atoms with Crippen LogP contribution in [0.3, 0.4) is 0 Å². The van der Waals surface area contributed by atoms with Crippen LogP contribution in [0.25, 0.3) is 0 Å². The molecule has 0 aliphatic rings. The summed E-state index contributed by atoms with van der Waals surface area (Å²) in [5.41, 5.74) is 2.85. The minimum absolute atomic E-state index is 0.0990. The lowest BCUT2D eigenvalue weighted by Gasteiger charge is -2.16. The van der Waals surface area contributed by atoms with Crippen molar-refractivity contribution in [3.63, 3.8) is 0 Å². The average Bonchev–Trinajstić information content (AvgIpc) is 2.37. The number of aromatic nitrogens is 3. The number of halogens is 1. The van der Waals surface area contributed by atoms with Gasteiger partial charge in [0.05, 0.1) is 17.4 Å². The quantitative estimate of drug-likeness (QED) is 0.922. The highest BCUT2D eigenvalue weighted by molar-refractivity contribution is 6.31. The van der Waals surface area contributed by atoms with Gasteiger partial charge in [-0.2, -0.15) is 0 Å². The molecule has 0 radical (unpaired) electrons. The van der Waals surface area contributed by atoms with Gasteiger partial charge in [-0.1, -0.05) is 11.6 Å². The highest BCUT2D eigenvalue weighted by Gasteiger charge is 2.11. The van der Waals surface area contributed by atoms with Crippen molar-refractivity contribution < 1.29 is 0 Å². The highest BCUT2D eigenvalue weighted by Crippen LogP contribution is 2.23. The lowest BCUT2D eigenvalue weighted by Crippen LogP contribution is -2.10. The molecule has 0 aliphatic carbocycles. The van der Waals surface area contributed by atoms with Crippen molar-refractivity contribution in [2.75, 3.05) is 5.32 Å². The van der Waals surface area contributed by atoms with Crippen molar-refractivity contribution in [1.82, 2.24) is 15.0 Å². The first-order valence-electron chi connectivity index (χ1n) is 5.75. The Kier molecular flexibility index (Phi) is 3.77. The number of nitrogens with zero attached hydrogens (tertiary/aromatic N) is 3. The van der Waals surface area contributed by atoms with Gasteiger partial charge < -0.3 is 5.32 Å². The summed E-state index contributed by atoms with van der Waals surface area (Å²) in [5, 5.41) is 3.66. The Balaban J connectivity index is 2.22. The summed E-state index contributed by atoms with van der Waals surface area (Å²) in [6.07, 6.45) is 3.53. The maximum atomic E-state index is 6.08. The molecule has 4 nitrogen and oxygen atoms in total. The lowest BCUT2D eigenvalue weighted by molar-refractivity contribution is 0.862. The number of pyridine rings is 1. The highest BCUT2D eigenvalue weighted by atomic mass is 35.5. The third-order valence-corrected chi connectivity index (χ3v) is 3.09. The van der Waals surface area contributed by atoms with Crippen LogP contribution in [-0.2, 0) is 0 Å². The van der Waals surface area contributed by atoms with E-state index >= 15 is 0 Å². The lowest BCUT2D eigenvalue weighted by atomic mass is 10.1. The van der Waals surface area contributed by atoms with Crippen molar-refractivity contribution >= 4 is 17.4 Å².